The van der Waals surface area contributed by atoms with Gasteiger partial charge in [-0.2, -0.15) is 0 Å². The summed E-state index contributed by atoms with van der Waals surface area (Å²) >= 11 is 0. The first-order chi connectivity index (χ1) is 10.0. The highest BCUT2D eigenvalue weighted by Crippen LogP contribution is 2.28. The van der Waals surface area contributed by atoms with Gasteiger partial charge in [0.25, 0.3) is 0 Å². The number of aromatic nitrogens is 3. The fourth-order valence-corrected chi connectivity index (χ4v) is 2.96. The van der Waals surface area contributed by atoms with Crippen LogP contribution < -0.4 is 0 Å². The molecular formula is C18H17N3. The second kappa shape index (κ2) is 4.04. The van der Waals surface area contributed by atoms with Crippen molar-refractivity contribution in [3.63, 3.8) is 0 Å². The zero-order valence-corrected chi connectivity index (χ0v) is 12.7. The maximum absolute atomic E-state index is 4.89. The molecule has 0 bridgehead atoms. The summed E-state index contributed by atoms with van der Waals surface area (Å²) in [5.74, 6) is 0. The largest absolute Gasteiger partial charge is 0.327 e. The second-order valence-corrected chi connectivity index (χ2v) is 5.90. The van der Waals surface area contributed by atoms with Gasteiger partial charge in [-0.1, -0.05) is 11.6 Å². The third kappa shape index (κ3) is 1.67. The van der Waals surface area contributed by atoms with Crippen LogP contribution in [0.2, 0.25) is 0 Å². The van der Waals surface area contributed by atoms with Crippen LogP contribution in [0.4, 0.5) is 0 Å². The Labute approximate surface area is 123 Å². The molecule has 0 radical (unpaired) electrons. The van der Waals surface area contributed by atoms with E-state index in [9.17, 15) is 0 Å². The molecule has 0 N–H and O–H groups in total. The van der Waals surface area contributed by atoms with E-state index in [0.29, 0.717) is 0 Å². The Hall–Kier alpha value is -2.42. The average Bonchev–Trinajstić information content (AvgIpc) is 2.71. The quantitative estimate of drug-likeness (QED) is 0.481. The molecule has 2 aromatic carbocycles. The van der Waals surface area contributed by atoms with E-state index in [-0.39, 0.29) is 0 Å². The molecule has 3 heteroatoms. The summed E-state index contributed by atoms with van der Waals surface area (Å²) in [7, 11) is 2.06. The van der Waals surface area contributed by atoms with E-state index >= 15 is 0 Å². The number of rotatable bonds is 0. The third-order valence-corrected chi connectivity index (χ3v) is 4.35. The van der Waals surface area contributed by atoms with E-state index in [1.165, 1.54) is 27.6 Å². The van der Waals surface area contributed by atoms with Crippen molar-refractivity contribution < 1.29 is 0 Å². The van der Waals surface area contributed by atoms with Crippen LogP contribution in [-0.2, 0) is 7.05 Å². The van der Waals surface area contributed by atoms with Crippen molar-refractivity contribution in [3.05, 3.63) is 47.0 Å². The number of fused-ring (bicyclic) bond motifs is 4. The van der Waals surface area contributed by atoms with Crippen LogP contribution in [0, 0.1) is 20.8 Å². The van der Waals surface area contributed by atoms with Crippen LogP contribution in [0.15, 0.2) is 30.3 Å². The molecule has 0 aliphatic rings. The molecule has 4 rings (SSSR count). The molecule has 0 aliphatic carbocycles. The molecule has 2 aromatic heterocycles. The predicted molar refractivity (Wildman–Crippen MR) is 87.7 cm³/mol. The van der Waals surface area contributed by atoms with Crippen molar-refractivity contribution in [2.24, 2.45) is 7.05 Å². The topological polar surface area (TPSA) is 30.7 Å². The first-order valence-corrected chi connectivity index (χ1v) is 7.18. The van der Waals surface area contributed by atoms with E-state index in [4.69, 9.17) is 9.97 Å². The summed E-state index contributed by atoms with van der Waals surface area (Å²) in [6.07, 6.45) is 0. The average molecular weight is 275 g/mol. The van der Waals surface area contributed by atoms with Gasteiger partial charge >= 0.3 is 0 Å². The first-order valence-electron chi connectivity index (χ1n) is 7.18. The first kappa shape index (κ1) is 12.3. The van der Waals surface area contributed by atoms with E-state index in [1.807, 2.05) is 0 Å². The van der Waals surface area contributed by atoms with Crippen LogP contribution >= 0.6 is 0 Å². The van der Waals surface area contributed by atoms with Gasteiger partial charge in [0, 0.05) is 12.4 Å². The van der Waals surface area contributed by atoms with E-state index in [1.54, 1.807) is 0 Å². The molecular weight excluding hydrogens is 258 g/mol. The molecule has 0 spiro atoms. The van der Waals surface area contributed by atoms with Crippen molar-refractivity contribution in [3.8, 4) is 0 Å². The summed E-state index contributed by atoms with van der Waals surface area (Å²) < 4.78 is 2.13. The summed E-state index contributed by atoms with van der Waals surface area (Å²) in [6, 6.07) is 10.7. The Bertz CT molecular complexity index is 1030. The zero-order valence-electron chi connectivity index (χ0n) is 12.7. The minimum absolute atomic E-state index is 0.950. The van der Waals surface area contributed by atoms with Gasteiger partial charge in [0.2, 0.25) is 0 Å². The van der Waals surface area contributed by atoms with Gasteiger partial charge in [-0.15, -0.1) is 0 Å². The third-order valence-electron chi connectivity index (χ3n) is 4.35. The Balaban J connectivity index is 2.24. The van der Waals surface area contributed by atoms with Crippen molar-refractivity contribution in [1.29, 1.82) is 0 Å². The van der Waals surface area contributed by atoms with Crippen molar-refractivity contribution in [2.45, 2.75) is 20.8 Å². The zero-order chi connectivity index (χ0) is 14.7. The standard InChI is InChI=1S/C18H17N3/c1-10-5-6-16-13(7-10)17-18(21(16)4)20-15-9-12(3)11(2)8-14(15)19-17/h5-9H,1-4H3. The Morgan fingerprint density at radius 1 is 0.857 bits per heavy atom. The number of aryl methyl sites for hydroxylation is 4. The van der Waals surface area contributed by atoms with Gasteiger partial charge in [0.05, 0.1) is 16.6 Å². The van der Waals surface area contributed by atoms with Gasteiger partial charge in [-0.25, -0.2) is 9.97 Å². The molecule has 0 saturated heterocycles. The molecule has 0 fully saturated rings. The molecule has 0 saturated carbocycles. The summed E-state index contributed by atoms with van der Waals surface area (Å²) in [5.41, 5.74) is 8.82. The second-order valence-electron chi connectivity index (χ2n) is 5.90. The Morgan fingerprint density at radius 2 is 1.52 bits per heavy atom. The van der Waals surface area contributed by atoms with Crippen LogP contribution in [0.25, 0.3) is 33.1 Å². The van der Waals surface area contributed by atoms with Gasteiger partial charge in [-0.3, -0.25) is 0 Å². The lowest BCUT2D eigenvalue weighted by molar-refractivity contribution is 0.991. The van der Waals surface area contributed by atoms with Gasteiger partial charge < -0.3 is 4.57 Å². The lowest BCUT2D eigenvalue weighted by atomic mass is 10.1. The van der Waals surface area contributed by atoms with Gasteiger partial charge in [-0.05, 0) is 56.2 Å². The highest BCUT2D eigenvalue weighted by molar-refractivity contribution is 6.06. The molecule has 3 nitrogen and oxygen atoms in total. The monoisotopic (exact) mass is 275 g/mol. The van der Waals surface area contributed by atoms with Crippen molar-refractivity contribution in [1.82, 2.24) is 14.5 Å². The fraction of sp³-hybridized carbons (Fsp3) is 0.222. The molecule has 2 heterocycles. The van der Waals surface area contributed by atoms with Crippen LogP contribution in [0.5, 0.6) is 0 Å². The van der Waals surface area contributed by atoms with E-state index in [2.05, 4.69) is 62.7 Å². The SMILES string of the molecule is Cc1ccc2c(c1)c1nc3cc(C)c(C)cc3nc1n2C. The molecule has 0 amide bonds. The molecule has 0 atom stereocenters. The number of hydrogen-bond acceptors (Lipinski definition) is 2. The molecule has 21 heavy (non-hydrogen) atoms. The lowest BCUT2D eigenvalue weighted by Crippen LogP contribution is -1.93. The van der Waals surface area contributed by atoms with Crippen molar-refractivity contribution >= 4 is 33.1 Å². The van der Waals surface area contributed by atoms with E-state index < -0.39 is 0 Å². The molecule has 104 valence electrons. The summed E-state index contributed by atoms with van der Waals surface area (Å²) in [6.45, 7) is 6.35. The number of hydrogen-bond donors (Lipinski definition) is 0. The minimum Gasteiger partial charge on any atom is -0.327 e. The van der Waals surface area contributed by atoms with Crippen molar-refractivity contribution in [2.75, 3.05) is 0 Å². The smallest absolute Gasteiger partial charge is 0.160 e. The predicted octanol–water partition coefficient (Wildman–Crippen LogP) is 4.20. The minimum atomic E-state index is 0.950. The molecule has 0 aliphatic heterocycles. The Morgan fingerprint density at radius 3 is 2.24 bits per heavy atom. The summed E-state index contributed by atoms with van der Waals surface area (Å²) in [5, 5.41) is 1.18. The number of nitrogens with zero attached hydrogens (tertiary/aromatic N) is 3. The van der Waals surface area contributed by atoms with Gasteiger partial charge in [0.15, 0.2) is 5.65 Å². The molecule has 0 unspecified atom stereocenters. The maximum Gasteiger partial charge on any atom is 0.160 e. The van der Waals surface area contributed by atoms with Crippen LogP contribution in [0.3, 0.4) is 0 Å². The Kier molecular flexibility index (Phi) is 2.37. The fourth-order valence-electron chi connectivity index (χ4n) is 2.96. The highest BCUT2D eigenvalue weighted by atomic mass is 15.0. The van der Waals surface area contributed by atoms with Crippen LogP contribution in [-0.4, -0.2) is 14.5 Å². The van der Waals surface area contributed by atoms with E-state index in [0.717, 1.165) is 22.2 Å². The molecule has 4 aromatic rings. The summed E-state index contributed by atoms with van der Waals surface area (Å²) in [4.78, 5) is 9.73. The highest BCUT2D eigenvalue weighted by Gasteiger charge is 2.12. The normalized spacial score (nSPS) is 11.8. The number of benzene rings is 2. The van der Waals surface area contributed by atoms with Crippen LogP contribution in [0.1, 0.15) is 16.7 Å². The maximum atomic E-state index is 4.89. The van der Waals surface area contributed by atoms with Gasteiger partial charge in [0.1, 0.15) is 5.52 Å². The lowest BCUT2D eigenvalue weighted by Gasteiger charge is -2.03.